The third-order valence-corrected chi connectivity index (χ3v) is 6.12. The Morgan fingerprint density at radius 2 is 2.26 bits per heavy atom. The average molecular weight is 331 g/mol. The molecule has 0 bridgehead atoms. The summed E-state index contributed by atoms with van der Waals surface area (Å²) < 4.78 is 20.7. The van der Waals surface area contributed by atoms with Gasteiger partial charge in [-0.15, -0.1) is 0 Å². The molecule has 2 heterocycles. The number of ether oxygens (including phenoxy) is 1. The van der Waals surface area contributed by atoms with Crippen molar-refractivity contribution in [2.24, 2.45) is 22.6 Å². The molecule has 1 aromatic carbocycles. The number of hydrogen-bond donors (Lipinski definition) is 1. The van der Waals surface area contributed by atoms with Gasteiger partial charge in [0, 0.05) is 17.2 Å². The zero-order valence-corrected chi connectivity index (χ0v) is 13.5. The minimum absolute atomic E-state index is 0.183. The number of hydrogen-bond acceptors (Lipinski definition) is 5. The van der Waals surface area contributed by atoms with E-state index in [9.17, 15) is 4.39 Å². The highest BCUT2D eigenvalue weighted by Gasteiger charge is 2.51. The van der Waals surface area contributed by atoms with Crippen LogP contribution >= 0.6 is 11.8 Å². The van der Waals surface area contributed by atoms with Gasteiger partial charge in [-0.3, -0.25) is 0 Å². The SMILES string of the molecule is N#Cc1ccc(F)c([C@]23CO[C@@H](C4CC4)C[C@H]2CSC(N)=N3)c1. The summed E-state index contributed by atoms with van der Waals surface area (Å²) in [5.41, 5.74) is 6.05. The highest BCUT2D eigenvalue weighted by molar-refractivity contribution is 8.13. The van der Waals surface area contributed by atoms with Crippen LogP contribution in [0.2, 0.25) is 0 Å². The van der Waals surface area contributed by atoms with Gasteiger partial charge in [0.05, 0.1) is 24.3 Å². The van der Waals surface area contributed by atoms with Crippen LogP contribution in [0.3, 0.4) is 0 Å². The second-order valence-corrected chi connectivity index (χ2v) is 7.65. The molecule has 0 radical (unpaired) electrons. The molecule has 1 aliphatic carbocycles. The summed E-state index contributed by atoms with van der Waals surface area (Å²) in [6, 6.07) is 6.53. The molecule has 6 heteroatoms. The molecular weight excluding hydrogens is 313 g/mol. The van der Waals surface area contributed by atoms with Gasteiger partial charge >= 0.3 is 0 Å². The lowest BCUT2D eigenvalue weighted by Crippen LogP contribution is -2.50. The molecule has 2 fully saturated rings. The first kappa shape index (κ1) is 15.0. The molecule has 4 rings (SSSR count). The van der Waals surface area contributed by atoms with E-state index in [-0.39, 0.29) is 17.8 Å². The fourth-order valence-electron chi connectivity index (χ4n) is 3.72. The van der Waals surface area contributed by atoms with Crippen LogP contribution in [0.25, 0.3) is 0 Å². The predicted molar refractivity (Wildman–Crippen MR) is 87.4 cm³/mol. The van der Waals surface area contributed by atoms with E-state index < -0.39 is 5.54 Å². The lowest BCUT2D eigenvalue weighted by molar-refractivity contribution is -0.0663. The number of nitriles is 1. The number of rotatable bonds is 2. The highest BCUT2D eigenvalue weighted by Crippen LogP contribution is 2.50. The summed E-state index contributed by atoms with van der Waals surface area (Å²) in [4.78, 5) is 4.64. The lowest BCUT2D eigenvalue weighted by atomic mass is 9.74. The molecule has 1 saturated carbocycles. The molecule has 0 amide bonds. The molecule has 0 aromatic heterocycles. The maximum atomic E-state index is 14.6. The molecule has 120 valence electrons. The van der Waals surface area contributed by atoms with Crippen LogP contribution in [-0.2, 0) is 10.3 Å². The lowest BCUT2D eigenvalue weighted by Gasteiger charge is -2.46. The van der Waals surface area contributed by atoms with Gasteiger partial charge in [0.1, 0.15) is 11.4 Å². The molecule has 3 aliphatic rings. The van der Waals surface area contributed by atoms with Gasteiger partial charge in [0.25, 0.3) is 0 Å². The first-order valence-electron chi connectivity index (χ1n) is 7.92. The van der Waals surface area contributed by atoms with Crippen molar-refractivity contribution < 1.29 is 9.13 Å². The van der Waals surface area contributed by atoms with Crippen molar-refractivity contribution >= 4 is 16.9 Å². The zero-order chi connectivity index (χ0) is 16.0. The van der Waals surface area contributed by atoms with Gasteiger partial charge in [0.15, 0.2) is 5.17 Å². The molecule has 3 atom stereocenters. The van der Waals surface area contributed by atoms with Crippen LogP contribution in [-0.4, -0.2) is 23.6 Å². The van der Waals surface area contributed by atoms with Crippen LogP contribution in [0.4, 0.5) is 4.39 Å². The Morgan fingerprint density at radius 3 is 3.00 bits per heavy atom. The first-order valence-corrected chi connectivity index (χ1v) is 8.91. The van der Waals surface area contributed by atoms with Crippen molar-refractivity contribution in [3.8, 4) is 6.07 Å². The van der Waals surface area contributed by atoms with E-state index in [0.29, 0.717) is 28.8 Å². The van der Waals surface area contributed by atoms with Gasteiger partial charge in [-0.25, -0.2) is 9.38 Å². The number of benzene rings is 1. The number of amidine groups is 1. The van der Waals surface area contributed by atoms with Crippen molar-refractivity contribution in [2.75, 3.05) is 12.4 Å². The van der Waals surface area contributed by atoms with Gasteiger partial charge in [0.2, 0.25) is 0 Å². The number of thioether (sulfide) groups is 1. The Hall–Kier alpha value is -1.58. The Balaban J connectivity index is 1.78. The fourth-order valence-corrected chi connectivity index (χ4v) is 4.73. The first-order chi connectivity index (χ1) is 11.1. The molecule has 4 nitrogen and oxygen atoms in total. The Morgan fingerprint density at radius 1 is 1.43 bits per heavy atom. The molecule has 2 N–H and O–H groups in total. The molecule has 2 aliphatic heterocycles. The van der Waals surface area contributed by atoms with E-state index in [1.54, 1.807) is 6.07 Å². The summed E-state index contributed by atoms with van der Waals surface area (Å²) in [7, 11) is 0. The maximum absolute atomic E-state index is 14.6. The van der Waals surface area contributed by atoms with E-state index >= 15 is 0 Å². The van der Waals surface area contributed by atoms with Crippen molar-refractivity contribution in [2.45, 2.75) is 30.9 Å². The number of nitrogens with zero attached hydrogens (tertiary/aromatic N) is 2. The molecular formula is C17H18FN3OS. The van der Waals surface area contributed by atoms with Crippen LogP contribution in [0, 0.1) is 29.0 Å². The Bertz CT molecular complexity index is 712. The number of aliphatic imine (C=N–C) groups is 1. The number of fused-ring (bicyclic) bond motifs is 1. The van der Waals surface area contributed by atoms with Crippen LogP contribution in [0.15, 0.2) is 23.2 Å². The van der Waals surface area contributed by atoms with Crippen LogP contribution < -0.4 is 5.73 Å². The Labute approximate surface area is 138 Å². The molecule has 23 heavy (non-hydrogen) atoms. The topological polar surface area (TPSA) is 71.4 Å². The van der Waals surface area contributed by atoms with Gasteiger partial charge < -0.3 is 10.5 Å². The highest BCUT2D eigenvalue weighted by atomic mass is 32.2. The quantitative estimate of drug-likeness (QED) is 0.904. The third-order valence-electron chi connectivity index (χ3n) is 5.16. The largest absolute Gasteiger partial charge is 0.379 e. The van der Waals surface area contributed by atoms with E-state index in [2.05, 4.69) is 11.1 Å². The standard InChI is InChI=1S/C17H18FN3OS/c18-14-4-1-10(7-19)5-13(14)17-9-22-15(11-2-3-11)6-12(17)8-23-16(20)21-17/h1,4-5,11-12,15H,2-3,6,8-9H2,(H2,20,21)/t12-,15+,17-/m0/s1. The molecule has 1 aromatic rings. The minimum Gasteiger partial charge on any atom is -0.379 e. The smallest absolute Gasteiger partial charge is 0.154 e. The van der Waals surface area contributed by atoms with Crippen molar-refractivity contribution in [3.63, 3.8) is 0 Å². The van der Waals surface area contributed by atoms with Crippen LogP contribution in [0.5, 0.6) is 0 Å². The Kier molecular flexibility index (Phi) is 3.58. The summed E-state index contributed by atoms with van der Waals surface area (Å²) in [5.74, 6) is 1.31. The van der Waals surface area contributed by atoms with E-state index in [1.807, 2.05) is 0 Å². The fraction of sp³-hybridized carbons (Fsp3) is 0.529. The normalized spacial score (nSPS) is 33.5. The van der Waals surface area contributed by atoms with Gasteiger partial charge in [-0.2, -0.15) is 5.26 Å². The molecule has 1 saturated heterocycles. The molecule has 0 spiro atoms. The second-order valence-electron chi connectivity index (χ2n) is 6.61. The summed E-state index contributed by atoms with van der Waals surface area (Å²) in [6.07, 6.45) is 3.58. The van der Waals surface area contributed by atoms with Crippen molar-refractivity contribution in [1.29, 1.82) is 5.26 Å². The monoisotopic (exact) mass is 331 g/mol. The van der Waals surface area contributed by atoms with Gasteiger partial charge in [-0.05, 0) is 43.4 Å². The second kappa shape index (κ2) is 5.50. The van der Waals surface area contributed by atoms with E-state index in [4.69, 9.17) is 15.7 Å². The van der Waals surface area contributed by atoms with E-state index in [1.165, 1.54) is 36.7 Å². The minimum atomic E-state index is -0.794. The summed E-state index contributed by atoms with van der Waals surface area (Å²) >= 11 is 1.53. The summed E-state index contributed by atoms with van der Waals surface area (Å²) in [6.45, 7) is 0.339. The van der Waals surface area contributed by atoms with Gasteiger partial charge in [-0.1, -0.05) is 11.8 Å². The number of nitrogens with two attached hydrogens (primary N) is 1. The van der Waals surface area contributed by atoms with E-state index in [0.717, 1.165) is 12.2 Å². The number of halogens is 1. The van der Waals surface area contributed by atoms with Crippen molar-refractivity contribution in [3.05, 3.63) is 35.1 Å². The zero-order valence-electron chi connectivity index (χ0n) is 12.7. The molecule has 0 unspecified atom stereocenters. The van der Waals surface area contributed by atoms with Crippen molar-refractivity contribution in [1.82, 2.24) is 0 Å². The third kappa shape index (κ3) is 2.52. The average Bonchev–Trinajstić information content (AvgIpc) is 3.39. The van der Waals surface area contributed by atoms with Crippen LogP contribution in [0.1, 0.15) is 30.4 Å². The maximum Gasteiger partial charge on any atom is 0.154 e. The summed E-state index contributed by atoms with van der Waals surface area (Å²) in [5, 5.41) is 9.62. The predicted octanol–water partition coefficient (Wildman–Crippen LogP) is 2.77.